The Bertz CT molecular complexity index is 1750. The first-order chi connectivity index (χ1) is 22.2. The SMILES string of the molecule is CN1CCN(Cc2ccc(C=Cc3ccccc3C(=O)NC(C(=O)CS(=O)(=O)c3ccccc3)[C@H](N)c3ccccc3)cc2)CC1. The third-order valence-corrected chi connectivity index (χ3v) is 9.91. The number of carbonyl (C=O) groups is 2. The second-order valence-corrected chi connectivity index (χ2v) is 13.7. The van der Waals surface area contributed by atoms with Crippen molar-refractivity contribution < 1.29 is 18.0 Å². The summed E-state index contributed by atoms with van der Waals surface area (Å²) in [4.78, 5) is 32.1. The van der Waals surface area contributed by atoms with Gasteiger partial charge in [0.25, 0.3) is 5.91 Å². The average Bonchev–Trinajstić information content (AvgIpc) is 3.08. The summed E-state index contributed by atoms with van der Waals surface area (Å²) >= 11 is 0. The molecule has 1 unspecified atom stereocenters. The molecule has 46 heavy (non-hydrogen) atoms. The van der Waals surface area contributed by atoms with E-state index in [-0.39, 0.29) is 4.90 Å². The number of Topliss-reactive ketones (excluding diaryl/α,β-unsaturated/α-hetero) is 1. The molecular formula is C37H40N4O4S. The van der Waals surface area contributed by atoms with E-state index >= 15 is 0 Å². The van der Waals surface area contributed by atoms with Crippen molar-refractivity contribution in [1.82, 2.24) is 15.1 Å². The molecule has 4 aromatic rings. The smallest absolute Gasteiger partial charge is 0.252 e. The van der Waals surface area contributed by atoms with Gasteiger partial charge < -0.3 is 16.0 Å². The van der Waals surface area contributed by atoms with Gasteiger partial charge in [0.2, 0.25) is 0 Å². The van der Waals surface area contributed by atoms with Gasteiger partial charge in [-0.2, -0.15) is 0 Å². The average molecular weight is 637 g/mol. The number of nitrogens with two attached hydrogens (primary N) is 1. The van der Waals surface area contributed by atoms with Crippen LogP contribution >= 0.6 is 0 Å². The molecule has 1 fully saturated rings. The Kier molecular flexibility index (Phi) is 10.9. The van der Waals surface area contributed by atoms with Gasteiger partial charge in [-0.25, -0.2) is 8.42 Å². The number of piperazine rings is 1. The maximum atomic E-state index is 13.7. The minimum atomic E-state index is -3.95. The van der Waals surface area contributed by atoms with Gasteiger partial charge in [-0.1, -0.05) is 103 Å². The maximum Gasteiger partial charge on any atom is 0.252 e. The standard InChI is InChI=1S/C37H40N4O4S/c1-40-22-24-41(25-23-40)26-29-18-16-28(17-19-29)20-21-30-10-8-9-15-33(30)37(43)39-36(35(38)31-11-4-2-5-12-31)34(42)27-46(44,45)32-13-6-3-7-14-32/h2-21,35-36H,22-27,38H2,1H3,(H,39,43)/t35-,36?/m1/s1. The molecule has 2 atom stereocenters. The monoisotopic (exact) mass is 636 g/mol. The molecule has 5 rings (SSSR count). The van der Waals surface area contributed by atoms with Crippen LogP contribution in [0.2, 0.25) is 0 Å². The van der Waals surface area contributed by atoms with Crippen LogP contribution in [0.15, 0.2) is 114 Å². The number of ketones is 1. The summed E-state index contributed by atoms with van der Waals surface area (Å²) in [5.74, 6) is -2.02. The zero-order valence-electron chi connectivity index (χ0n) is 26.0. The van der Waals surface area contributed by atoms with Crippen LogP contribution in [0, 0.1) is 0 Å². The fraction of sp³-hybridized carbons (Fsp3) is 0.243. The molecule has 1 aliphatic heterocycles. The topological polar surface area (TPSA) is 113 Å². The highest BCUT2D eigenvalue weighted by atomic mass is 32.2. The summed E-state index contributed by atoms with van der Waals surface area (Å²) < 4.78 is 26.2. The van der Waals surface area contributed by atoms with E-state index in [9.17, 15) is 18.0 Å². The van der Waals surface area contributed by atoms with Crippen molar-refractivity contribution in [3.05, 3.63) is 137 Å². The van der Waals surface area contributed by atoms with Gasteiger partial charge in [0, 0.05) is 38.3 Å². The molecule has 1 amide bonds. The highest BCUT2D eigenvalue weighted by Crippen LogP contribution is 2.20. The molecule has 238 valence electrons. The van der Waals surface area contributed by atoms with E-state index in [4.69, 9.17) is 5.73 Å². The molecule has 0 spiro atoms. The zero-order chi connectivity index (χ0) is 32.5. The molecule has 9 heteroatoms. The number of benzene rings is 4. The predicted octanol–water partition coefficient (Wildman–Crippen LogP) is 4.45. The van der Waals surface area contributed by atoms with Gasteiger partial charge in [-0.15, -0.1) is 0 Å². The summed E-state index contributed by atoms with van der Waals surface area (Å²) in [5, 5.41) is 2.77. The second kappa shape index (κ2) is 15.2. The lowest BCUT2D eigenvalue weighted by Crippen LogP contribution is -2.49. The summed E-state index contributed by atoms with van der Waals surface area (Å²) in [6.45, 7) is 5.19. The number of likely N-dealkylation sites (N-methyl/N-ethyl adjacent to an activating group) is 1. The fourth-order valence-electron chi connectivity index (χ4n) is 5.48. The zero-order valence-corrected chi connectivity index (χ0v) is 26.8. The van der Waals surface area contributed by atoms with E-state index < -0.39 is 39.4 Å². The fourth-order valence-corrected chi connectivity index (χ4v) is 6.77. The van der Waals surface area contributed by atoms with Crippen molar-refractivity contribution in [2.45, 2.75) is 23.5 Å². The molecular weight excluding hydrogens is 596 g/mol. The quantitative estimate of drug-likeness (QED) is 0.221. The van der Waals surface area contributed by atoms with Crippen LogP contribution in [-0.2, 0) is 21.2 Å². The largest absolute Gasteiger partial charge is 0.340 e. The van der Waals surface area contributed by atoms with Crippen molar-refractivity contribution in [2.75, 3.05) is 39.0 Å². The van der Waals surface area contributed by atoms with E-state index in [1.54, 1.807) is 54.6 Å². The minimum Gasteiger partial charge on any atom is -0.340 e. The first kappa shape index (κ1) is 33.0. The predicted molar refractivity (Wildman–Crippen MR) is 183 cm³/mol. The van der Waals surface area contributed by atoms with Crippen LogP contribution in [0.5, 0.6) is 0 Å². The van der Waals surface area contributed by atoms with E-state index in [2.05, 4.69) is 46.4 Å². The lowest BCUT2D eigenvalue weighted by atomic mass is 9.96. The van der Waals surface area contributed by atoms with Gasteiger partial charge in [0.1, 0.15) is 11.8 Å². The van der Waals surface area contributed by atoms with Gasteiger partial charge >= 0.3 is 0 Å². The maximum absolute atomic E-state index is 13.7. The van der Waals surface area contributed by atoms with Crippen LogP contribution in [0.3, 0.4) is 0 Å². The Morgan fingerprint density at radius 1 is 0.804 bits per heavy atom. The van der Waals surface area contributed by atoms with Crippen molar-refractivity contribution in [3.63, 3.8) is 0 Å². The summed E-state index contributed by atoms with van der Waals surface area (Å²) in [6.07, 6.45) is 3.80. The number of hydrogen-bond acceptors (Lipinski definition) is 7. The number of amides is 1. The van der Waals surface area contributed by atoms with E-state index in [1.807, 2.05) is 30.4 Å². The summed E-state index contributed by atoms with van der Waals surface area (Å²) in [6, 6.07) is 29.8. The molecule has 4 aromatic carbocycles. The van der Waals surface area contributed by atoms with Crippen molar-refractivity contribution in [3.8, 4) is 0 Å². The molecule has 0 aromatic heterocycles. The third-order valence-electron chi connectivity index (χ3n) is 8.25. The lowest BCUT2D eigenvalue weighted by molar-refractivity contribution is -0.119. The van der Waals surface area contributed by atoms with Crippen molar-refractivity contribution in [1.29, 1.82) is 0 Å². The highest BCUT2D eigenvalue weighted by molar-refractivity contribution is 7.92. The molecule has 0 radical (unpaired) electrons. The van der Waals surface area contributed by atoms with Crippen LogP contribution in [0.1, 0.15) is 38.7 Å². The molecule has 1 aliphatic rings. The Morgan fingerprint density at radius 3 is 2.09 bits per heavy atom. The first-order valence-corrected chi connectivity index (χ1v) is 17.0. The molecule has 1 heterocycles. The molecule has 8 nitrogen and oxygen atoms in total. The van der Waals surface area contributed by atoms with Crippen LogP contribution in [-0.4, -0.2) is 74.9 Å². The Labute approximate surface area is 271 Å². The normalized spacial score (nSPS) is 15.8. The molecule has 1 saturated heterocycles. The third kappa shape index (κ3) is 8.64. The van der Waals surface area contributed by atoms with Gasteiger partial charge in [0.05, 0.1) is 10.9 Å². The number of hydrogen-bond donors (Lipinski definition) is 2. The Hall–Kier alpha value is -4.41. The molecule has 0 aliphatic carbocycles. The molecule has 0 saturated carbocycles. The number of carbonyl (C=O) groups excluding carboxylic acids is 2. The van der Waals surface area contributed by atoms with E-state index in [1.165, 1.54) is 17.7 Å². The summed E-state index contributed by atoms with van der Waals surface area (Å²) in [7, 11) is -1.80. The molecule has 0 bridgehead atoms. The van der Waals surface area contributed by atoms with Crippen molar-refractivity contribution >= 4 is 33.7 Å². The second-order valence-electron chi connectivity index (χ2n) is 11.7. The van der Waals surface area contributed by atoms with Crippen molar-refractivity contribution in [2.24, 2.45) is 5.73 Å². The number of rotatable bonds is 12. The Morgan fingerprint density at radius 2 is 1.41 bits per heavy atom. The van der Waals surface area contributed by atoms with Gasteiger partial charge in [-0.3, -0.25) is 14.5 Å². The summed E-state index contributed by atoms with van der Waals surface area (Å²) in [5.41, 5.74) is 10.4. The van der Waals surface area contributed by atoms with Crippen LogP contribution in [0.25, 0.3) is 12.2 Å². The number of sulfone groups is 1. The van der Waals surface area contributed by atoms with Gasteiger partial charge in [0.15, 0.2) is 15.6 Å². The Balaban J connectivity index is 1.32. The first-order valence-electron chi connectivity index (χ1n) is 15.4. The molecule has 3 N–H and O–H groups in total. The number of nitrogens with zero attached hydrogens (tertiary/aromatic N) is 2. The lowest BCUT2D eigenvalue weighted by Gasteiger charge is -2.32. The van der Waals surface area contributed by atoms with Crippen LogP contribution < -0.4 is 11.1 Å². The van der Waals surface area contributed by atoms with E-state index in [0.29, 0.717) is 16.7 Å². The van der Waals surface area contributed by atoms with E-state index in [0.717, 1.165) is 38.3 Å². The van der Waals surface area contributed by atoms with Crippen LogP contribution in [0.4, 0.5) is 0 Å². The van der Waals surface area contributed by atoms with Gasteiger partial charge in [-0.05, 0) is 47.5 Å². The minimum absolute atomic E-state index is 0.0320. The number of nitrogens with one attached hydrogen (secondary N) is 1. The highest BCUT2D eigenvalue weighted by Gasteiger charge is 2.32.